The molecular weight excluding hydrogens is 677 g/mol. The number of rotatable bonds is 3. The second-order valence-corrected chi connectivity index (χ2v) is 16.9. The zero-order valence-corrected chi connectivity index (χ0v) is 32.1. The van der Waals surface area contributed by atoms with Crippen LogP contribution in [-0.2, 0) is 10.8 Å². The lowest BCUT2D eigenvalue weighted by Crippen LogP contribution is -2.18. The lowest BCUT2D eigenvalue weighted by atomic mass is 9.75. The van der Waals surface area contributed by atoms with Crippen molar-refractivity contribution in [3.05, 3.63) is 192 Å². The molecule has 2 aliphatic rings. The van der Waals surface area contributed by atoms with Gasteiger partial charge in [0.2, 0.25) is 0 Å². The fourth-order valence-electron chi connectivity index (χ4n) is 10.8. The first-order chi connectivity index (χ1) is 27.3. The minimum atomic E-state index is -0.181. The van der Waals surface area contributed by atoms with Crippen LogP contribution in [0.1, 0.15) is 49.9 Å². The molecule has 2 heterocycles. The molecule has 2 aromatic heterocycles. The third-order valence-corrected chi connectivity index (χ3v) is 13.3. The molecule has 56 heavy (non-hydrogen) atoms. The van der Waals surface area contributed by atoms with E-state index in [9.17, 15) is 0 Å². The van der Waals surface area contributed by atoms with Crippen molar-refractivity contribution in [2.24, 2.45) is 0 Å². The fourth-order valence-corrected chi connectivity index (χ4v) is 10.8. The van der Waals surface area contributed by atoms with Gasteiger partial charge in [-0.15, -0.1) is 0 Å². The zero-order valence-electron chi connectivity index (χ0n) is 32.1. The van der Waals surface area contributed by atoms with Crippen LogP contribution in [-0.4, -0.2) is 9.13 Å². The first-order valence-corrected chi connectivity index (χ1v) is 19.9. The summed E-state index contributed by atoms with van der Waals surface area (Å²) < 4.78 is 4.97. The molecule has 0 amide bonds. The van der Waals surface area contributed by atoms with Crippen molar-refractivity contribution in [2.45, 2.75) is 38.5 Å². The predicted molar refractivity (Wildman–Crippen MR) is 236 cm³/mol. The summed E-state index contributed by atoms with van der Waals surface area (Å²) >= 11 is 0. The molecule has 0 atom stereocenters. The van der Waals surface area contributed by atoms with Gasteiger partial charge >= 0.3 is 0 Å². The number of hydrogen-bond acceptors (Lipinski definition) is 0. The van der Waals surface area contributed by atoms with Gasteiger partial charge in [-0.25, -0.2) is 0 Å². The highest BCUT2D eigenvalue weighted by atomic mass is 15.0. The normalized spacial score (nSPS) is 14.7. The minimum absolute atomic E-state index is 0.152. The second-order valence-electron chi connectivity index (χ2n) is 16.9. The summed E-state index contributed by atoms with van der Waals surface area (Å²) in [6.45, 7) is 9.71. The first kappa shape index (κ1) is 31.7. The van der Waals surface area contributed by atoms with Crippen molar-refractivity contribution in [2.75, 3.05) is 0 Å². The Bertz CT molecular complexity index is 3070. The molecule has 8 aromatic carbocycles. The largest absolute Gasteiger partial charge is 0.309 e. The van der Waals surface area contributed by atoms with Crippen LogP contribution in [0.2, 0.25) is 0 Å². The number of hydrogen-bond donors (Lipinski definition) is 0. The Morgan fingerprint density at radius 1 is 0.339 bits per heavy atom. The fraction of sp³-hybridized carbons (Fsp3) is 0.111. The Hall–Kier alpha value is -6.64. The summed E-state index contributed by atoms with van der Waals surface area (Å²) in [6.07, 6.45) is 0. The van der Waals surface area contributed by atoms with Crippen molar-refractivity contribution in [3.8, 4) is 44.8 Å². The Balaban J connectivity index is 1.25. The van der Waals surface area contributed by atoms with Crippen LogP contribution < -0.4 is 0 Å². The van der Waals surface area contributed by atoms with Gasteiger partial charge in [0.25, 0.3) is 0 Å². The standard InChI is InChI=1S/C54H40N2/c1-53(2)43-23-11-6-22-41(43)51-45(53)32-42(50-40-21-5-12-24-44(40)54(3,4)52(50)51)33-29-34(55-46-25-13-7-17-36(46)37-18-8-14-26-47(37)55)31-35(30-33)56-48-27-15-9-19-38(48)39-20-10-16-28-49(39)56/h5-32H,1-4H3. The van der Waals surface area contributed by atoms with Crippen molar-refractivity contribution < 1.29 is 0 Å². The second kappa shape index (κ2) is 11.0. The minimum Gasteiger partial charge on any atom is -0.309 e. The molecule has 0 bridgehead atoms. The molecule has 12 rings (SSSR count). The molecule has 0 N–H and O–H groups in total. The molecular formula is C54H40N2. The average Bonchev–Trinajstić information content (AvgIpc) is 3.90. The first-order valence-electron chi connectivity index (χ1n) is 19.9. The quantitative estimate of drug-likeness (QED) is 0.172. The summed E-state index contributed by atoms with van der Waals surface area (Å²) in [4.78, 5) is 0. The summed E-state index contributed by atoms with van der Waals surface area (Å²) in [5, 5.41) is 5.06. The molecule has 0 spiro atoms. The Morgan fingerprint density at radius 3 is 1.21 bits per heavy atom. The Kier molecular flexibility index (Phi) is 6.22. The van der Waals surface area contributed by atoms with E-state index in [1.54, 1.807) is 0 Å². The average molecular weight is 717 g/mol. The zero-order chi connectivity index (χ0) is 37.5. The van der Waals surface area contributed by atoms with Crippen molar-refractivity contribution in [1.82, 2.24) is 9.13 Å². The van der Waals surface area contributed by atoms with Crippen LogP contribution in [0.4, 0.5) is 0 Å². The van der Waals surface area contributed by atoms with Gasteiger partial charge in [0.1, 0.15) is 0 Å². The summed E-state index contributed by atoms with van der Waals surface area (Å²) in [5.41, 5.74) is 20.5. The number of nitrogens with zero attached hydrogens (tertiary/aromatic N) is 2. The van der Waals surface area contributed by atoms with Crippen molar-refractivity contribution in [1.29, 1.82) is 0 Å². The van der Waals surface area contributed by atoms with E-state index in [0.29, 0.717) is 0 Å². The van der Waals surface area contributed by atoms with Gasteiger partial charge < -0.3 is 9.13 Å². The summed E-state index contributed by atoms with van der Waals surface area (Å²) in [5.74, 6) is 0. The molecule has 2 aliphatic carbocycles. The van der Waals surface area contributed by atoms with Crippen molar-refractivity contribution in [3.63, 3.8) is 0 Å². The maximum absolute atomic E-state index is 2.56. The van der Waals surface area contributed by atoms with Gasteiger partial charge in [-0.05, 0) is 104 Å². The van der Waals surface area contributed by atoms with Crippen LogP contribution >= 0.6 is 0 Å². The van der Waals surface area contributed by atoms with E-state index >= 15 is 0 Å². The maximum atomic E-state index is 2.56. The maximum Gasteiger partial charge on any atom is 0.0541 e. The summed E-state index contributed by atoms with van der Waals surface area (Å²) in [7, 11) is 0. The molecule has 0 radical (unpaired) electrons. The smallest absolute Gasteiger partial charge is 0.0541 e. The lowest BCUT2D eigenvalue weighted by molar-refractivity contribution is 0.648. The monoisotopic (exact) mass is 716 g/mol. The highest BCUT2D eigenvalue weighted by Gasteiger charge is 2.45. The molecule has 0 fully saturated rings. The Morgan fingerprint density at radius 2 is 0.732 bits per heavy atom. The van der Waals surface area contributed by atoms with E-state index in [1.807, 2.05) is 0 Å². The van der Waals surface area contributed by atoms with Gasteiger partial charge in [-0.3, -0.25) is 0 Å². The number of fused-ring (bicyclic) bond motifs is 13. The molecule has 10 aromatic rings. The van der Waals surface area contributed by atoms with Crippen LogP contribution in [0.3, 0.4) is 0 Å². The molecule has 0 saturated heterocycles. The molecule has 0 unspecified atom stereocenters. The summed E-state index contributed by atoms with van der Waals surface area (Å²) in [6, 6.07) is 63.6. The highest BCUT2D eigenvalue weighted by Crippen LogP contribution is 2.61. The van der Waals surface area contributed by atoms with Crippen LogP contribution in [0.15, 0.2) is 170 Å². The van der Waals surface area contributed by atoms with E-state index in [1.165, 1.54) is 99.2 Å². The number of benzene rings is 8. The van der Waals surface area contributed by atoms with Crippen molar-refractivity contribution >= 4 is 43.6 Å². The van der Waals surface area contributed by atoms with E-state index < -0.39 is 0 Å². The van der Waals surface area contributed by atoms with Crippen LogP contribution in [0, 0.1) is 0 Å². The van der Waals surface area contributed by atoms with Gasteiger partial charge in [-0.1, -0.05) is 149 Å². The lowest BCUT2D eigenvalue weighted by Gasteiger charge is -2.28. The topological polar surface area (TPSA) is 9.86 Å². The third kappa shape index (κ3) is 4.01. The third-order valence-electron chi connectivity index (χ3n) is 13.3. The number of aromatic nitrogens is 2. The van der Waals surface area contributed by atoms with Crippen LogP contribution in [0.5, 0.6) is 0 Å². The van der Waals surface area contributed by atoms with E-state index in [2.05, 4.69) is 207 Å². The number of para-hydroxylation sites is 4. The van der Waals surface area contributed by atoms with Gasteiger partial charge in [0.15, 0.2) is 0 Å². The van der Waals surface area contributed by atoms with Crippen LogP contribution in [0.25, 0.3) is 88.4 Å². The molecule has 2 heteroatoms. The van der Waals surface area contributed by atoms with E-state index in [0.717, 1.165) is 11.4 Å². The predicted octanol–water partition coefficient (Wildman–Crippen LogP) is 14.2. The van der Waals surface area contributed by atoms with Gasteiger partial charge in [-0.2, -0.15) is 0 Å². The molecule has 0 saturated carbocycles. The highest BCUT2D eigenvalue weighted by molar-refractivity contribution is 6.11. The van der Waals surface area contributed by atoms with Gasteiger partial charge in [0, 0.05) is 43.7 Å². The van der Waals surface area contributed by atoms with Gasteiger partial charge in [0.05, 0.1) is 22.1 Å². The van der Waals surface area contributed by atoms with E-state index in [-0.39, 0.29) is 10.8 Å². The molecule has 266 valence electrons. The molecule has 2 nitrogen and oxygen atoms in total. The Labute approximate surface area is 326 Å². The van der Waals surface area contributed by atoms with E-state index in [4.69, 9.17) is 0 Å². The SMILES string of the molecule is CC1(C)c2ccccc2-c2c1cc(-c1cc(-n3c4ccccc4c4ccccc43)cc(-n3c4ccccc4c4ccccc43)c1)c1c2C(C)(C)c2ccccc2-1. The molecule has 0 aliphatic heterocycles.